The summed E-state index contributed by atoms with van der Waals surface area (Å²) in [5, 5.41) is 24.5. The number of amidine groups is 1. The standard InChI is InChI=1S/C19H15N5O3/c25-18-10-9-14(12-17(18)24(26)27)13-21-23-19(16-8-4-5-11-20-16)22-15-6-2-1-3-7-15/h1-13,25H,(H,22,23)/b21-13+. The highest BCUT2D eigenvalue weighted by Crippen LogP contribution is 2.25. The third kappa shape index (κ3) is 4.73. The Morgan fingerprint density at radius 2 is 1.89 bits per heavy atom. The molecule has 3 rings (SSSR count). The molecule has 27 heavy (non-hydrogen) atoms. The van der Waals surface area contributed by atoms with E-state index in [9.17, 15) is 15.2 Å². The van der Waals surface area contributed by atoms with Crippen molar-refractivity contribution in [2.24, 2.45) is 10.1 Å². The number of benzene rings is 2. The van der Waals surface area contributed by atoms with Gasteiger partial charge in [-0.2, -0.15) is 5.10 Å². The molecule has 0 spiro atoms. The van der Waals surface area contributed by atoms with Crippen LogP contribution in [0.5, 0.6) is 5.75 Å². The summed E-state index contributed by atoms with van der Waals surface area (Å²) in [5.41, 5.74) is 4.20. The first-order chi connectivity index (χ1) is 13.1. The summed E-state index contributed by atoms with van der Waals surface area (Å²) < 4.78 is 0. The Balaban J connectivity index is 1.85. The highest BCUT2D eigenvalue weighted by Gasteiger charge is 2.12. The van der Waals surface area contributed by atoms with Gasteiger partial charge in [-0.05, 0) is 36.4 Å². The molecule has 2 aromatic carbocycles. The van der Waals surface area contributed by atoms with E-state index in [4.69, 9.17) is 0 Å². The van der Waals surface area contributed by atoms with Crippen LogP contribution in [0.25, 0.3) is 0 Å². The molecule has 0 radical (unpaired) electrons. The van der Waals surface area contributed by atoms with Gasteiger partial charge in [0.2, 0.25) is 0 Å². The van der Waals surface area contributed by atoms with Gasteiger partial charge in [0.15, 0.2) is 11.6 Å². The van der Waals surface area contributed by atoms with Crippen LogP contribution in [0.4, 0.5) is 11.4 Å². The lowest BCUT2D eigenvalue weighted by molar-refractivity contribution is -0.385. The van der Waals surface area contributed by atoms with Crippen LogP contribution < -0.4 is 5.43 Å². The number of nitro groups is 1. The number of nitro benzene ring substituents is 1. The molecular formula is C19H15N5O3. The molecule has 134 valence electrons. The van der Waals surface area contributed by atoms with Gasteiger partial charge in [0.25, 0.3) is 0 Å². The fraction of sp³-hybridized carbons (Fsp3) is 0. The number of hydrogen-bond acceptors (Lipinski definition) is 6. The van der Waals surface area contributed by atoms with Crippen molar-refractivity contribution in [1.82, 2.24) is 10.4 Å². The number of aromatic nitrogens is 1. The van der Waals surface area contributed by atoms with Gasteiger partial charge < -0.3 is 5.11 Å². The minimum Gasteiger partial charge on any atom is -0.502 e. The smallest absolute Gasteiger partial charge is 0.311 e. The zero-order chi connectivity index (χ0) is 19.1. The molecule has 0 bridgehead atoms. The quantitative estimate of drug-likeness (QED) is 0.313. The molecule has 1 heterocycles. The summed E-state index contributed by atoms with van der Waals surface area (Å²) in [6.45, 7) is 0. The molecule has 0 fully saturated rings. The van der Waals surface area contributed by atoms with Gasteiger partial charge in [0.1, 0.15) is 5.69 Å². The van der Waals surface area contributed by atoms with Crippen LogP contribution in [0.2, 0.25) is 0 Å². The third-order valence-electron chi connectivity index (χ3n) is 3.48. The van der Waals surface area contributed by atoms with E-state index in [1.165, 1.54) is 24.4 Å². The Bertz CT molecular complexity index is 989. The Labute approximate surface area is 154 Å². The minimum absolute atomic E-state index is 0.387. The maximum absolute atomic E-state index is 10.9. The maximum atomic E-state index is 10.9. The second-order valence-corrected chi connectivity index (χ2v) is 5.39. The van der Waals surface area contributed by atoms with Gasteiger partial charge >= 0.3 is 5.69 Å². The summed E-state index contributed by atoms with van der Waals surface area (Å²) in [4.78, 5) is 19.0. The summed E-state index contributed by atoms with van der Waals surface area (Å²) in [6.07, 6.45) is 3.04. The van der Waals surface area contributed by atoms with Crippen LogP contribution >= 0.6 is 0 Å². The van der Waals surface area contributed by atoms with E-state index in [-0.39, 0.29) is 5.69 Å². The van der Waals surface area contributed by atoms with E-state index in [2.05, 4.69) is 20.5 Å². The molecule has 0 atom stereocenters. The van der Waals surface area contributed by atoms with Crippen LogP contribution in [0.1, 0.15) is 11.3 Å². The van der Waals surface area contributed by atoms with Crippen molar-refractivity contribution in [2.75, 3.05) is 0 Å². The van der Waals surface area contributed by atoms with Crippen LogP contribution in [0.3, 0.4) is 0 Å². The van der Waals surface area contributed by atoms with E-state index >= 15 is 0 Å². The van der Waals surface area contributed by atoms with E-state index in [0.29, 0.717) is 17.1 Å². The van der Waals surface area contributed by atoms with Crippen LogP contribution in [-0.2, 0) is 0 Å². The number of rotatable bonds is 5. The average molecular weight is 361 g/mol. The third-order valence-corrected chi connectivity index (χ3v) is 3.48. The van der Waals surface area contributed by atoms with Crippen LogP contribution in [0.15, 0.2) is 83.0 Å². The predicted octanol–water partition coefficient (Wildman–Crippen LogP) is 3.40. The van der Waals surface area contributed by atoms with Crippen molar-refractivity contribution >= 4 is 23.4 Å². The number of aromatic hydroxyl groups is 1. The number of hydrogen-bond donors (Lipinski definition) is 2. The van der Waals surface area contributed by atoms with E-state index < -0.39 is 10.7 Å². The molecule has 0 saturated heterocycles. The number of phenolic OH excluding ortho intramolecular Hbond substituents is 1. The topological polar surface area (TPSA) is 113 Å². The van der Waals surface area contributed by atoms with Crippen molar-refractivity contribution in [3.63, 3.8) is 0 Å². The minimum atomic E-state index is -0.656. The molecule has 0 aliphatic rings. The predicted molar refractivity (Wildman–Crippen MR) is 102 cm³/mol. The first-order valence-electron chi connectivity index (χ1n) is 7.95. The second-order valence-electron chi connectivity index (χ2n) is 5.39. The fourth-order valence-electron chi connectivity index (χ4n) is 2.21. The molecule has 8 heteroatoms. The average Bonchev–Trinajstić information content (AvgIpc) is 2.69. The Kier molecular flexibility index (Phi) is 5.48. The molecular weight excluding hydrogens is 346 g/mol. The largest absolute Gasteiger partial charge is 0.502 e. The molecule has 0 saturated carbocycles. The SMILES string of the molecule is O=[N+]([O-])c1cc(/C=N/NC(=Nc2ccccc2)c2ccccn2)ccc1O. The van der Waals surface area contributed by atoms with Crippen LogP contribution in [0, 0.1) is 10.1 Å². The number of nitrogens with zero attached hydrogens (tertiary/aromatic N) is 4. The molecule has 3 aromatic rings. The first kappa shape index (κ1) is 17.7. The number of hydrazone groups is 1. The molecule has 8 nitrogen and oxygen atoms in total. The van der Waals surface area contributed by atoms with E-state index in [1.54, 1.807) is 18.3 Å². The number of phenols is 1. The maximum Gasteiger partial charge on any atom is 0.311 e. The molecule has 0 unspecified atom stereocenters. The zero-order valence-electron chi connectivity index (χ0n) is 14.1. The Hall–Kier alpha value is -4.07. The van der Waals surface area contributed by atoms with E-state index in [0.717, 1.165) is 5.69 Å². The number of para-hydroxylation sites is 1. The molecule has 2 N–H and O–H groups in total. The van der Waals surface area contributed by atoms with Gasteiger partial charge in [-0.15, -0.1) is 0 Å². The lowest BCUT2D eigenvalue weighted by atomic mass is 10.2. The second kappa shape index (κ2) is 8.34. The number of pyridine rings is 1. The lowest BCUT2D eigenvalue weighted by Gasteiger charge is -2.05. The normalized spacial score (nSPS) is 11.5. The Morgan fingerprint density at radius 3 is 2.59 bits per heavy atom. The summed E-state index contributed by atoms with van der Waals surface area (Å²) in [5.74, 6) is 0.0243. The highest BCUT2D eigenvalue weighted by atomic mass is 16.6. The zero-order valence-corrected chi connectivity index (χ0v) is 14.1. The first-order valence-corrected chi connectivity index (χ1v) is 7.95. The highest BCUT2D eigenvalue weighted by molar-refractivity contribution is 5.99. The summed E-state index contributed by atoms with van der Waals surface area (Å²) in [7, 11) is 0. The molecule has 1 aromatic heterocycles. The molecule has 0 amide bonds. The molecule has 0 aliphatic carbocycles. The van der Waals surface area contributed by atoms with Gasteiger partial charge in [-0.25, -0.2) is 4.99 Å². The van der Waals surface area contributed by atoms with Gasteiger partial charge in [0.05, 0.1) is 16.8 Å². The van der Waals surface area contributed by atoms with Crippen LogP contribution in [-0.4, -0.2) is 27.1 Å². The number of nitrogens with one attached hydrogen (secondary N) is 1. The van der Waals surface area contributed by atoms with Crippen molar-refractivity contribution in [1.29, 1.82) is 0 Å². The number of aliphatic imine (C=N–C) groups is 1. The lowest BCUT2D eigenvalue weighted by Crippen LogP contribution is -2.20. The Morgan fingerprint density at radius 1 is 1.11 bits per heavy atom. The summed E-state index contributed by atoms with van der Waals surface area (Å²) >= 11 is 0. The monoisotopic (exact) mass is 361 g/mol. The van der Waals surface area contributed by atoms with Gasteiger partial charge in [-0.1, -0.05) is 24.3 Å². The van der Waals surface area contributed by atoms with Gasteiger partial charge in [-0.3, -0.25) is 20.5 Å². The molecule has 0 aliphatic heterocycles. The van der Waals surface area contributed by atoms with Crippen molar-refractivity contribution in [3.8, 4) is 5.75 Å². The van der Waals surface area contributed by atoms with Crippen molar-refractivity contribution in [2.45, 2.75) is 0 Å². The fourth-order valence-corrected chi connectivity index (χ4v) is 2.21. The van der Waals surface area contributed by atoms with Gasteiger partial charge in [0, 0.05) is 17.8 Å². The summed E-state index contributed by atoms with van der Waals surface area (Å²) in [6, 6.07) is 18.7. The van der Waals surface area contributed by atoms with Crippen molar-refractivity contribution in [3.05, 3.63) is 94.3 Å². The van der Waals surface area contributed by atoms with E-state index in [1.807, 2.05) is 36.4 Å². The van der Waals surface area contributed by atoms with Crippen molar-refractivity contribution < 1.29 is 10.0 Å².